The van der Waals surface area contributed by atoms with Crippen LogP contribution in [0.25, 0.3) is 0 Å². The molecule has 0 aromatic heterocycles. The minimum absolute atomic E-state index is 0.158. The SMILES string of the molecule is COCCN(CCC#N)C(=O)[C@H]1CC(C)C[C@H]1C(=O)O. The third-order valence-corrected chi connectivity index (χ3v) is 3.80. The number of carboxylic acids is 1. The molecule has 1 fully saturated rings. The molecule has 1 aliphatic carbocycles. The summed E-state index contributed by atoms with van der Waals surface area (Å²) in [6.07, 6.45) is 1.39. The summed E-state index contributed by atoms with van der Waals surface area (Å²) in [6, 6.07) is 2.01. The molecule has 20 heavy (non-hydrogen) atoms. The van der Waals surface area contributed by atoms with E-state index in [2.05, 4.69) is 0 Å². The van der Waals surface area contributed by atoms with E-state index in [1.165, 1.54) is 0 Å². The van der Waals surface area contributed by atoms with Gasteiger partial charge in [-0.2, -0.15) is 5.26 Å². The van der Waals surface area contributed by atoms with Gasteiger partial charge in [0.25, 0.3) is 0 Å². The van der Waals surface area contributed by atoms with Crippen LogP contribution in [0.5, 0.6) is 0 Å². The van der Waals surface area contributed by atoms with Crippen molar-refractivity contribution >= 4 is 11.9 Å². The van der Waals surface area contributed by atoms with E-state index in [0.717, 1.165) is 0 Å². The van der Waals surface area contributed by atoms with Crippen molar-refractivity contribution < 1.29 is 19.4 Å². The molecule has 1 aliphatic rings. The molecule has 0 saturated heterocycles. The second kappa shape index (κ2) is 7.85. The fourth-order valence-corrected chi connectivity index (χ4v) is 2.79. The first kappa shape index (κ1) is 16.4. The van der Waals surface area contributed by atoms with Crippen molar-refractivity contribution in [2.24, 2.45) is 17.8 Å². The zero-order chi connectivity index (χ0) is 15.1. The van der Waals surface area contributed by atoms with Crippen LogP contribution >= 0.6 is 0 Å². The molecule has 0 bridgehead atoms. The summed E-state index contributed by atoms with van der Waals surface area (Å²) in [5.41, 5.74) is 0. The lowest BCUT2D eigenvalue weighted by molar-refractivity contribution is -0.149. The highest BCUT2D eigenvalue weighted by atomic mass is 16.5. The Balaban J connectivity index is 2.76. The molecule has 0 aliphatic heterocycles. The maximum absolute atomic E-state index is 12.5. The third kappa shape index (κ3) is 4.20. The molecule has 0 radical (unpaired) electrons. The van der Waals surface area contributed by atoms with Gasteiger partial charge < -0.3 is 14.7 Å². The van der Waals surface area contributed by atoms with Gasteiger partial charge in [-0.1, -0.05) is 6.92 Å². The summed E-state index contributed by atoms with van der Waals surface area (Å²) in [6.45, 7) is 3.08. The first-order valence-electron chi connectivity index (χ1n) is 6.88. The van der Waals surface area contributed by atoms with Crippen LogP contribution < -0.4 is 0 Å². The number of methoxy groups -OCH3 is 1. The Hall–Kier alpha value is -1.61. The molecular weight excluding hydrogens is 260 g/mol. The van der Waals surface area contributed by atoms with Crippen LogP contribution in [0.15, 0.2) is 0 Å². The quantitative estimate of drug-likeness (QED) is 0.755. The van der Waals surface area contributed by atoms with Crippen LogP contribution in [0, 0.1) is 29.1 Å². The average molecular weight is 282 g/mol. The Morgan fingerprint density at radius 3 is 2.55 bits per heavy atom. The molecule has 0 spiro atoms. The number of aliphatic carboxylic acids is 1. The molecule has 1 unspecified atom stereocenters. The Bertz CT molecular complexity index is 391. The zero-order valence-electron chi connectivity index (χ0n) is 12.0. The highest BCUT2D eigenvalue weighted by Gasteiger charge is 2.42. The Kier molecular flexibility index (Phi) is 6.46. The molecular formula is C14H22N2O4. The molecule has 1 N–H and O–H groups in total. The third-order valence-electron chi connectivity index (χ3n) is 3.80. The summed E-state index contributed by atoms with van der Waals surface area (Å²) in [5.74, 6) is -1.90. The standard InChI is InChI=1S/C14H22N2O4/c1-10-8-11(12(9-10)14(18)19)13(17)16(5-3-4-15)6-7-20-2/h10-12H,3,5-9H2,1-2H3,(H,18,19)/t10?,11-,12+/m0/s1. The second-order valence-electron chi connectivity index (χ2n) is 5.35. The fraction of sp³-hybridized carbons (Fsp3) is 0.786. The lowest BCUT2D eigenvalue weighted by Crippen LogP contribution is -2.41. The number of carbonyl (C=O) groups excluding carboxylic acids is 1. The van der Waals surface area contributed by atoms with E-state index in [4.69, 9.17) is 10.00 Å². The van der Waals surface area contributed by atoms with Gasteiger partial charge >= 0.3 is 5.97 Å². The topological polar surface area (TPSA) is 90.6 Å². The second-order valence-corrected chi connectivity index (χ2v) is 5.35. The van der Waals surface area contributed by atoms with Crippen molar-refractivity contribution in [1.29, 1.82) is 5.26 Å². The number of ether oxygens (including phenoxy) is 1. The van der Waals surface area contributed by atoms with Gasteiger partial charge in [0.2, 0.25) is 5.91 Å². The van der Waals surface area contributed by atoms with Crippen molar-refractivity contribution in [3.63, 3.8) is 0 Å². The minimum atomic E-state index is -0.903. The van der Waals surface area contributed by atoms with Crippen LogP contribution in [0.1, 0.15) is 26.2 Å². The van der Waals surface area contributed by atoms with Crippen molar-refractivity contribution in [2.45, 2.75) is 26.2 Å². The van der Waals surface area contributed by atoms with Crippen molar-refractivity contribution in [3.05, 3.63) is 0 Å². The van der Waals surface area contributed by atoms with E-state index in [9.17, 15) is 14.7 Å². The molecule has 3 atom stereocenters. The van der Waals surface area contributed by atoms with E-state index < -0.39 is 17.8 Å². The first-order chi connectivity index (χ1) is 9.51. The van der Waals surface area contributed by atoms with Crippen LogP contribution in [0.2, 0.25) is 0 Å². The summed E-state index contributed by atoms with van der Waals surface area (Å²) in [5, 5.41) is 17.9. The Morgan fingerprint density at radius 2 is 2.00 bits per heavy atom. The molecule has 112 valence electrons. The molecule has 6 heteroatoms. The fourth-order valence-electron chi connectivity index (χ4n) is 2.79. The first-order valence-corrected chi connectivity index (χ1v) is 6.88. The van der Waals surface area contributed by atoms with E-state index in [1.54, 1.807) is 12.0 Å². The summed E-state index contributed by atoms with van der Waals surface area (Å²) in [4.78, 5) is 25.3. The molecule has 6 nitrogen and oxygen atoms in total. The van der Waals surface area contributed by atoms with Gasteiger partial charge in [0.15, 0.2) is 0 Å². The molecule has 0 aromatic carbocycles. The number of amides is 1. The van der Waals surface area contributed by atoms with Crippen LogP contribution in [0.4, 0.5) is 0 Å². The van der Waals surface area contributed by atoms with Gasteiger partial charge in [-0.05, 0) is 18.8 Å². The van der Waals surface area contributed by atoms with Gasteiger partial charge in [-0.3, -0.25) is 9.59 Å². The number of carbonyl (C=O) groups is 2. The smallest absolute Gasteiger partial charge is 0.307 e. The van der Waals surface area contributed by atoms with E-state index in [-0.39, 0.29) is 18.2 Å². The number of hydrogen-bond donors (Lipinski definition) is 1. The number of carboxylic acid groups (broad SMARTS) is 1. The lowest BCUT2D eigenvalue weighted by Gasteiger charge is -2.26. The van der Waals surface area contributed by atoms with Gasteiger partial charge in [0, 0.05) is 20.2 Å². The van der Waals surface area contributed by atoms with Gasteiger partial charge in [0.1, 0.15) is 0 Å². The molecule has 1 saturated carbocycles. The van der Waals surface area contributed by atoms with E-state index in [0.29, 0.717) is 32.5 Å². The molecule has 0 heterocycles. The monoisotopic (exact) mass is 282 g/mol. The van der Waals surface area contributed by atoms with Crippen molar-refractivity contribution in [2.75, 3.05) is 26.8 Å². The van der Waals surface area contributed by atoms with Crippen molar-refractivity contribution in [1.82, 2.24) is 4.90 Å². The van der Waals surface area contributed by atoms with E-state index in [1.807, 2.05) is 13.0 Å². The van der Waals surface area contributed by atoms with Gasteiger partial charge in [0.05, 0.1) is 30.9 Å². The lowest BCUT2D eigenvalue weighted by atomic mass is 9.94. The summed E-state index contributed by atoms with van der Waals surface area (Å²) < 4.78 is 4.97. The van der Waals surface area contributed by atoms with Crippen LogP contribution in [0.3, 0.4) is 0 Å². The number of nitriles is 1. The van der Waals surface area contributed by atoms with Crippen molar-refractivity contribution in [3.8, 4) is 6.07 Å². The highest BCUT2D eigenvalue weighted by molar-refractivity contribution is 5.85. The largest absolute Gasteiger partial charge is 0.481 e. The number of rotatable bonds is 7. The summed E-state index contributed by atoms with van der Waals surface area (Å²) in [7, 11) is 1.55. The van der Waals surface area contributed by atoms with Gasteiger partial charge in [-0.15, -0.1) is 0 Å². The van der Waals surface area contributed by atoms with Crippen LogP contribution in [-0.4, -0.2) is 48.7 Å². The predicted octanol–water partition coefficient (Wildman–Crippen LogP) is 1.12. The Labute approximate surface area is 119 Å². The normalized spacial score (nSPS) is 25.1. The van der Waals surface area contributed by atoms with Gasteiger partial charge in [-0.25, -0.2) is 0 Å². The maximum atomic E-state index is 12.5. The van der Waals surface area contributed by atoms with Crippen LogP contribution in [-0.2, 0) is 14.3 Å². The molecule has 1 amide bonds. The molecule has 0 aromatic rings. The summed E-state index contributed by atoms with van der Waals surface area (Å²) >= 11 is 0. The average Bonchev–Trinajstić information content (AvgIpc) is 2.80. The predicted molar refractivity (Wildman–Crippen MR) is 71.7 cm³/mol. The number of nitrogens with zero attached hydrogens (tertiary/aromatic N) is 2. The maximum Gasteiger partial charge on any atom is 0.307 e. The Morgan fingerprint density at radius 1 is 1.35 bits per heavy atom. The number of hydrogen-bond acceptors (Lipinski definition) is 4. The van der Waals surface area contributed by atoms with E-state index >= 15 is 0 Å². The highest BCUT2D eigenvalue weighted by Crippen LogP contribution is 2.37. The molecule has 1 rings (SSSR count). The zero-order valence-corrected chi connectivity index (χ0v) is 12.0. The minimum Gasteiger partial charge on any atom is -0.481 e.